The summed E-state index contributed by atoms with van der Waals surface area (Å²) in [6.45, 7) is 3.28. The minimum absolute atomic E-state index is 0.0224. The first kappa shape index (κ1) is 17.2. The second-order valence-corrected chi connectivity index (χ2v) is 6.40. The van der Waals surface area contributed by atoms with E-state index in [4.69, 9.17) is 4.74 Å². The van der Waals surface area contributed by atoms with E-state index in [1.54, 1.807) is 0 Å². The second kappa shape index (κ2) is 7.11. The molecule has 2 aliphatic rings. The molecule has 0 aliphatic carbocycles. The molecule has 0 spiro atoms. The molecule has 0 aromatic heterocycles. The maximum Gasteiger partial charge on any atom is 0.416 e. The Labute approximate surface area is 139 Å². The number of likely N-dealkylation sites (tertiary alicyclic amines) is 1. The van der Waals surface area contributed by atoms with Crippen molar-refractivity contribution in [3.63, 3.8) is 0 Å². The van der Waals surface area contributed by atoms with Crippen LogP contribution in [0.4, 0.5) is 13.2 Å². The molecule has 24 heavy (non-hydrogen) atoms. The first-order valence-electron chi connectivity index (χ1n) is 8.23. The molecule has 2 saturated heterocycles. The number of alkyl halides is 3. The number of hydrogen-bond acceptors (Lipinski definition) is 3. The van der Waals surface area contributed by atoms with Crippen LogP contribution in [0.25, 0.3) is 0 Å². The van der Waals surface area contributed by atoms with Gasteiger partial charge in [0.2, 0.25) is 0 Å². The number of piperidine rings is 1. The van der Waals surface area contributed by atoms with Gasteiger partial charge in [-0.05, 0) is 50.1 Å². The van der Waals surface area contributed by atoms with Gasteiger partial charge in [-0.2, -0.15) is 13.2 Å². The minimum Gasteiger partial charge on any atom is -0.380 e. The molecule has 2 fully saturated rings. The molecule has 2 atom stereocenters. The molecule has 0 bridgehead atoms. The van der Waals surface area contributed by atoms with Crippen LogP contribution in [0, 0.1) is 0 Å². The standard InChI is InChI=1S/C17H21F3N2O2/c18-17(19,20)13-5-3-12(4-6-13)16(23)21-14-2-1-8-22(10-14)15-7-9-24-11-15/h3-6,14-15H,1-2,7-11H2,(H,21,23). The van der Waals surface area contributed by atoms with Gasteiger partial charge in [0.25, 0.3) is 5.91 Å². The molecule has 2 heterocycles. The molecule has 7 heteroatoms. The Bertz CT molecular complexity index is 568. The van der Waals surface area contributed by atoms with Gasteiger partial charge in [0.1, 0.15) is 0 Å². The highest BCUT2D eigenvalue weighted by Crippen LogP contribution is 2.29. The third kappa shape index (κ3) is 4.08. The molecular formula is C17H21F3N2O2. The summed E-state index contributed by atoms with van der Waals surface area (Å²) in [5, 5.41) is 2.94. The summed E-state index contributed by atoms with van der Waals surface area (Å²) in [4.78, 5) is 14.6. The Morgan fingerprint density at radius 1 is 1.21 bits per heavy atom. The molecule has 1 amide bonds. The molecule has 2 unspecified atom stereocenters. The van der Waals surface area contributed by atoms with Crippen LogP contribution in [0.1, 0.15) is 35.2 Å². The summed E-state index contributed by atoms with van der Waals surface area (Å²) in [5.74, 6) is -0.321. The fourth-order valence-electron chi connectivity index (χ4n) is 3.35. The zero-order valence-electron chi connectivity index (χ0n) is 13.3. The topological polar surface area (TPSA) is 41.6 Å². The number of amides is 1. The van der Waals surface area contributed by atoms with Crippen LogP contribution in [0.5, 0.6) is 0 Å². The molecule has 0 saturated carbocycles. The number of halogens is 3. The average Bonchev–Trinajstić information content (AvgIpc) is 3.09. The van der Waals surface area contributed by atoms with Crippen molar-refractivity contribution in [3.8, 4) is 0 Å². The quantitative estimate of drug-likeness (QED) is 0.918. The average molecular weight is 342 g/mol. The number of hydrogen-bond donors (Lipinski definition) is 1. The van der Waals surface area contributed by atoms with Crippen molar-refractivity contribution in [1.82, 2.24) is 10.2 Å². The van der Waals surface area contributed by atoms with Crippen LogP contribution < -0.4 is 5.32 Å². The smallest absolute Gasteiger partial charge is 0.380 e. The molecule has 1 aromatic rings. The Hall–Kier alpha value is -1.60. The molecular weight excluding hydrogens is 321 g/mol. The third-order valence-corrected chi connectivity index (χ3v) is 4.68. The van der Waals surface area contributed by atoms with Crippen LogP contribution in [-0.4, -0.2) is 49.2 Å². The Morgan fingerprint density at radius 2 is 1.96 bits per heavy atom. The van der Waals surface area contributed by atoms with E-state index in [0.29, 0.717) is 6.04 Å². The second-order valence-electron chi connectivity index (χ2n) is 6.40. The van der Waals surface area contributed by atoms with Gasteiger partial charge in [-0.3, -0.25) is 9.69 Å². The van der Waals surface area contributed by atoms with E-state index in [-0.39, 0.29) is 17.5 Å². The van der Waals surface area contributed by atoms with Crippen molar-refractivity contribution in [2.75, 3.05) is 26.3 Å². The van der Waals surface area contributed by atoms with Gasteiger partial charge in [0.05, 0.1) is 12.2 Å². The third-order valence-electron chi connectivity index (χ3n) is 4.68. The van der Waals surface area contributed by atoms with Crippen molar-refractivity contribution in [3.05, 3.63) is 35.4 Å². The normalized spacial score (nSPS) is 25.6. The van der Waals surface area contributed by atoms with Gasteiger partial charge < -0.3 is 10.1 Å². The van der Waals surface area contributed by atoms with E-state index in [9.17, 15) is 18.0 Å². The van der Waals surface area contributed by atoms with Gasteiger partial charge >= 0.3 is 6.18 Å². The van der Waals surface area contributed by atoms with Gasteiger partial charge in [-0.1, -0.05) is 0 Å². The van der Waals surface area contributed by atoms with Crippen LogP contribution in [0.3, 0.4) is 0 Å². The number of ether oxygens (including phenoxy) is 1. The molecule has 4 nitrogen and oxygen atoms in total. The summed E-state index contributed by atoms with van der Waals surface area (Å²) < 4.78 is 43.1. The summed E-state index contributed by atoms with van der Waals surface area (Å²) in [6, 6.07) is 4.77. The largest absolute Gasteiger partial charge is 0.416 e. The number of nitrogens with one attached hydrogen (secondary N) is 1. The number of nitrogens with zero attached hydrogens (tertiary/aromatic N) is 1. The minimum atomic E-state index is -4.39. The fraction of sp³-hybridized carbons (Fsp3) is 0.588. The highest BCUT2D eigenvalue weighted by atomic mass is 19.4. The maximum atomic E-state index is 12.6. The highest BCUT2D eigenvalue weighted by Gasteiger charge is 2.31. The zero-order chi connectivity index (χ0) is 17.2. The van der Waals surface area contributed by atoms with Crippen LogP contribution in [-0.2, 0) is 10.9 Å². The first-order valence-corrected chi connectivity index (χ1v) is 8.23. The highest BCUT2D eigenvalue weighted by molar-refractivity contribution is 5.94. The fourth-order valence-corrected chi connectivity index (χ4v) is 3.35. The zero-order valence-corrected chi connectivity index (χ0v) is 13.3. The molecule has 3 rings (SSSR count). The summed E-state index contributed by atoms with van der Waals surface area (Å²) >= 11 is 0. The van der Waals surface area contributed by atoms with E-state index < -0.39 is 11.7 Å². The van der Waals surface area contributed by atoms with Crippen LogP contribution in [0.2, 0.25) is 0 Å². The van der Waals surface area contributed by atoms with Gasteiger partial charge in [-0.25, -0.2) is 0 Å². The summed E-state index contributed by atoms with van der Waals surface area (Å²) in [6.07, 6.45) is -1.49. The van der Waals surface area contributed by atoms with Crippen molar-refractivity contribution in [1.29, 1.82) is 0 Å². The number of rotatable bonds is 3. The van der Waals surface area contributed by atoms with Crippen molar-refractivity contribution in [2.24, 2.45) is 0 Å². The van der Waals surface area contributed by atoms with E-state index in [1.807, 2.05) is 0 Å². The van der Waals surface area contributed by atoms with Crippen molar-refractivity contribution < 1.29 is 22.7 Å². The lowest BCUT2D eigenvalue weighted by Gasteiger charge is -2.36. The molecule has 1 aromatic carbocycles. The number of benzene rings is 1. The predicted octanol–water partition coefficient (Wildman–Crippen LogP) is 2.69. The Balaban J connectivity index is 1.57. The van der Waals surface area contributed by atoms with E-state index in [2.05, 4.69) is 10.2 Å². The molecule has 132 valence electrons. The molecule has 0 radical (unpaired) electrons. The van der Waals surface area contributed by atoms with E-state index in [1.165, 1.54) is 12.1 Å². The predicted molar refractivity (Wildman–Crippen MR) is 82.7 cm³/mol. The monoisotopic (exact) mass is 342 g/mol. The van der Waals surface area contributed by atoms with Gasteiger partial charge in [0.15, 0.2) is 0 Å². The Kier molecular flexibility index (Phi) is 5.10. The van der Waals surface area contributed by atoms with Gasteiger partial charge in [0, 0.05) is 30.8 Å². The van der Waals surface area contributed by atoms with Crippen molar-refractivity contribution in [2.45, 2.75) is 37.5 Å². The van der Waals surface area contributed by atoms with E-state index >= 15 is 0 Å². The number of carbonyl (C=O) groups is 1. The maximum absolute atomic E-state index is 12.6. The molecule has 1 N–H and O–H groups in total. The molecule has 2 aliphatic heterocycles. The lowest BCUT2D eigenvalue weighted by molar-refractivity contribution is -0.137. The first-order chi connectivity index (χ1) is 11.4. The summed E-state index contributed by atoms with van der Waals surface area (Å²) in [7, 11) is 0. The van der Waals surface area contributed by atoms with E-state index in [0.717, 1.165) is 57.7 Å². The SMILES string of the molecule is O=C(NC1CCCN(C2CCOC2)C1)c1ccc(C(F)(F)F)cc1. The lowest BCUT2D eigenvalue weighted by atomic mass is 10.0. The van der Waals surface area contributed by atoms with Crippen LogP contribution >= 0.6 is 0 Å². The van der Waals surface area contributed by atoms with Crippen LogP contribution in [0.15, 0.2) is 24.3 Å². The van der Waals surface area contributed by atoms with Crippen molar-refractivity contribution >= 4 is 5.91 Å². The lowest BCUT2D eigenvalue weighted by Crippen LogP contribution is -2.51. The summed E-state index contributed by atoms with van der Waals surface area (Å²) in [5.41, 5.74) is -0.492. The number of carbonyl (C=O) groups excluding carboxylic acids is 1. The Morgan fingerprint density at radius 3 is 2.58 bits per heavy atom. The van der Waals surface area contributed by atoms with Gasteiger partial charge in [-0.15, -0.1) is 0 Å².